The Kier molecular flexibility index (Phi) is 3.93. The van der Waals surface area contributed by atoms with Crippen molar-refractivity contribution >= 4 is 41.9 Å². The van der Waals surface area contributed by atoms with Gasteiger partial charge in [-0.15, -0.1) is 0 Å². The van der Waals surface area contributed by atoms with E-state index in [1.807, 2.05) is 18.4 Å². The van der Waals surface area contributed by atoms with Gasteiger partial charge in [0.15, 0.2) is 0 Å². The van der Waals surface area contributed by atoms with E-state index in [1.165, 1.54) is 10.3 Å². The Balaban J connectivity index is 2.46. The van der Waals surface area contributed by atoms with Crippen molar-refractivity contribution in [2.45, 2.75) is 11.8 Å². The summed E-state index contributed by atoms with van der Waals surface area (Å²) in [6.45, 7) is 1.91. The lowest BCUT2D eigenvalue weighted by atomic mass is 10.2. The third-order valence-electron chi connectivity index (χ3n) is 1.93. The van der Waals surface area contributed by atoms with Gasteiger partial charge >= 0.3 is 0 Å². The largest absolute Gasteiger partial charge is 0.292 e. The van der Waals surface area contributed by atoms with Crippen LogP contribution in [-0.2, 0) is 21.2 Å². The lowest BCUT2D eigenvalue weighted by Crippen LogP contribution is -1.95. The lowest BCUT2D eigenvalue weighted by molar-refractivity contribution is 0.598. The van der Waals surface area contributed by atoms with Crippen LogP contribution in [0.25, 0.3) is 0 Å². The van der Waals surface area contributed by atoms with Gasteiger partial charge in [-0.3, -0.25) is 0 Å². The van der Waals surface area contributed by atoms with Gasteiger partial charge < -0.3 is 0 Å². The molecule has 7 heteroatoms. The molecule has 0 fully saturated rings. The number of benzene rings is 1. The lowest BCUT2D eigenvalue weighted by Gasteiger charge is -1.96. The van der Waals surface area contributed by atoms with Gasteiger partial charge in [0.05, 0.1) is 4.90 Å². The molecule has 0 spiro atoms. The van der Waals surface area contributed by atoms with E-state index >= 15 is 0 Å². The second-order valence-corrected chi connectivity index (χ2v) is 8.30. The molecule has 0 saturated heterocycles. The maximum absolute atomic E-state index is 11.9. The Morgan fingerprint density at radius 2 is 1.88 bits per heavy atom. The van der Waals surface area contributed by atoms with Crippen LogP contribution in [0, 0.1) is 10.7 Å². The van der Waals surface area contributed by atoms with Gasteiger partial charge in [0.2, 0.25) is 0 Å². The normalized spacial score (nSPS) is 11.1. The van der Waals surface area contributed by atoms with E-state index in [0.29, 0.717) is 0 Å². The summed E-state index contributed by atoms with van der Waals surface area (Å²) in [4.78, 5) is 0.232. The highest BCUT2D eigenvalue weighted by molar-refractivity contribution is 7.94. The van der Waals surface area contributed by atoms with Crippen LogP contribution in [0.5, 0.6) is 0 Å². The minimum Gasteiger partial charge on any atom is -0.198 e. The number of hydrogen-bond donors (Lipinski definition) is 0. The van der Waals surface area contributed by atoms with E-state index in [4.69, 9.17) is 0 Å². The molecule has 1 aromatic carbocycles. The molecule has 0 atom stereocenters. The van der Waals surface area contributed by atoms with Crippen LogP contribution < -0.4 is 0 Å². The minimum atomic E-state index is -3.55. The Morgan fingerprint density at radius 1 is 1.18 bits per heavy atom. The predicted molar refractivity (Wildman–Crippen MR) is 73.6 cm³/mol. The Morgan fingerprint density at radius 3 is 2.47 bits per heavy atom. The zero-order valence-corrected chi connectivity index (χ0v) is 12.1. The first kappa shape index (κ1) is 12.7. The van der Waals surface area contributed by atoms with Gasteiger partial charge in [0, 0.05) is 5.38 Å². The summed E-state index contributed by atoms with van der Waals surface area (Å²) in [6.07, 6.45) is 0. The van der Waals surface area contributed by atoms with Crippen LogP contribution in [0.15, 0.2) is 44.4 Å². The number of aryl methyl sites for hydroxylation is 1. The molecule has 2 rings (SSSR count). The van der Waals surface area contributed by atoms with Crippen LogP contribution >= 0.6 is 20.7 Å². The smallest absolute Gasteiger partial charge is 0.198 e. The molecule has 0 bridgehead atoms. The SMILES string of the molecule is Cc1ccc(S(=O)(=O)N=S=c2ccss2)cc1. The molecule has 2 aromatic rings. The van der Waals surface area contributed by atoms with E-state index in [0.717, 1.165) is 20.5 Å². The summed E-state index contributed by atoms with van der Waals surface area (Å²) in [6, 6.07) is 8.53. The van der Waals surface area contributed by atoms with Crippen molar-refractivity contribution in [2.24, 2.45) is 3.77 Å². The summed E-state index contributed by atoms with van der Waals surface area (Å²) < 4.78 is 28.3. The van der Waals surface area contributed by atoms with Crippen molar-refractivity contribution in [1.82, 2.24) is 0 Å². The van der Waals surface area contributed by atoms with Crippen molar-refractivity contribution in [3.8, 4) is 0 Å². The molecule has 0 unspecified atom stereocenters. The van der Waals surface area contributed by atoms with E-state index in [1.54, 1.807) is 34.6 Å². The fraction of sp³-hybridized carbons (Fsp3) is 0.100. The van der Waals surface area contributed by atoms with Gasteiger partial charge in [-0.05, 0) is 36.3 Å². The minimum absolute atomic E-state index is 0.232. The molecule has 0 aliphatic rings. The van der Waals surface area contributed by atoms with Crippen molar-refractivity contribution in [2.75, 3.05) is 0 Å². The van der Waals surface area contributed by atoms with Crippen LogP contribution in [-0.4, -0.2) is 8.42 Å². The molecule has 0 saturated carbocycles. The van der Waals surface area contributed by atoms with Crippen molar-refractivity contribution in [1.29, 1.82) is 0 Å². The fourth-order valence-electron chi connectivity index (χ4n) is 1.07. The summed E-state index contributed by atoms with van der Waals surface area (Å²) in [7, 11) is -0.492. The summed E-state index contributed by atoms with van der Waals surface area (Å²) in [5.74, 6) is 0. The van der Waals surface area contributed by atoms with E-state index in [2.05, 4.69) is 3.77 Å². The quantitative estimate of drug-likeness (QED) is 0.631. The molecule has 3 nitrogen and oxygen atoms in total. The van der Waals surface area contributed by atoms with Crippen LogP contribution in [0.2, 0.25) is 0 Å². The van der Waals surface area contributed by atoms with Crippen molar-refractivity contribution in [3.05, 3.63) is 45.1 Å². The highest BCUT2D eigenvalue weighted by Crippen LogP contribution is 2.13. The van der Waals surface area contributed by atoms with Crippen LogP contribution in [0.1, 0.15) is 5.56 Å². The zero-order valence-electron chi connectivity index (χ0n) is 8.86. The number of sulfonamides is 1. The van der Waals surface area contributed by atoms with Gasteiger partial charge in [0.25, 0.3) is 10.0 Å². The predicted octanol–water partition coefficient (Wildman–Crippen LogP) is 3.31. The average Bonchev–Trinajstić information content (AvgIpc) is 2.80. The molecule has 0 aliphatic heterocycles. The molecule has 0 aliphatic carbocycles. The average molecular weight is 303 g/mol. The molecular weight excluding hydrogens is 294 g/mol. The second kappa shape index (κ2) is 5.26. The van der Waals surface area contributed by atoms with E-state index in [9.17, 15) is 8.42 Å². The van der Waals surface area contributed by atoms with E-state index in [-0.39, 0.29) is 4.90 Å². The molecule has 1 aromatic heterocycles. The Bertz CT molecular complexity index is 687. The molecule has 17 heavy (non-hydrogen) atoms. The second-order valence-electron chi connectivity index (χ2n) is 3.26. The first-order valence-corrected chi connectivity index (χ1v) is 9.08. The van der Waals surface area contributed by atoms with Gasteiger partial charge in [-0.1, -0.05) is 42.1 Å². The summed E-state index contributed by atoms with van der Waals surface area (Å²) >= 11 is 0.999. The fourth-order valence-corrected chi connectivity index (χ4v) is 5.16. The van der Waals surface area contributed by atoms with Crippen LogP contribution in [0.4, 0.5) is 0 Å². The Hall–Kier alpha value is -0.760. The third kappa shape index (κ3) is 3.35. The first-order valence-electron chi connectivity index (χ1n) is 4.66. The first-order chi connectivity index (χ1) is 8.08. The molecule has 1 heterocycles. The summed E-state index contributed by atoms with van der Waals surface area (Å²) in [5, 5.41) is 1.90. The molecule has 90 valence electrons. The van der Waals surface area contributed by atoms with Crippen LogP contribution in [0.3, 0.4) is 0 Å². The number of hydrogen-bond acceptors (Lipinski definition) is 4. The number of nitrogens with zero attached hydrogens (tertiary/aromatic N) is 1. The topological polar surface area (TPSA) is 46.5 Å². The summed E-state index contributed by atoms with van der Waals surface area (Å²) in [5.41, 5.74) is 1.02. The van der Waals surface area contributed by atoms with Gasteiger partial charge in [-0.25, -0.2) is 0 Å². The van der Waals surface area contributed by atoms with Gasteiger partial charge in [0.1, 0.15) is 3.82 Å². The molecule has 0 radical (unpaired) electrons. The highest BCUT2D eigenvalue weighted by Gasteiger charge is 2.10. The Labute approximate surface area is 111 Å². The van der Waals surface area contributed by atoms with Crippen molar-refractivity contribution in [3.63, 3.8) is 0 Å². The van der Waals surface area contributed by atoms with E-state index < -0.39 is 10.0 Å². The maximum atomic E-state index is 11.9. The molecule has 0 N–H and O–H groups in total. The molecule has 0 amide bonds. The third-order valence-corrected chi connectivity index (χ3v) is 6.80. The highest BCUT2D eigenvalue weighted by atomic mass is 32.9. The number of rotatable bonds is 2. The standard InChI is InChI=1S/C10H9NO2S4/c1-8-2-4-9(5-3-8)17(12,13)11-15-10-6-7-14-16-10/h2-7H,1H3. The van der Waals surface area contributed by atoms with Gasteiger partial charge in [-0.2, -0.15) is 8.42 Å². The molecular formula is C10H9NO2S4. The zero-order chi connectivity index (χ0) is 12.3. The maximum Gasteiger partial charge on any atom is 0.292 e. The monoisotopic (exact) mass is 303 g/mol. The van der Waals surface area contributed by atoms with Crippen molar-refractivity contribution < 1.29 is 8.42 Å².